The number of anilines is 1. The number of halogens is 1. The Kier molecular flexibility index (Phi) is 3.57. The first-order valence-electron chi connectivity index (χ1n) is 6.09. The van der Waals surface area contributed by atoms with Crippen LogP contribution in [0.3, 0.4) is 0 Å². The van der Waals surface area contributed by atoms with Crippen LogP contribution in [0.15, 0.2) is 6.33 Å². The number of aryl methyl sites for hydroxylation is 1. The first kappa shape index (κ1) is 12.2. The fourth-order valence-corrected chi connectivity index (χ4v) is 2.52. The van der Waals surface area contributed by atoms with Gasteiger partial charge in [-0.05, 0) is 25.7 Å². The number of rotatable bonds is 2. The second kappa shape index (κ2) is 4.96. The van der Waals surface area contributed by atoms with Gasteiger partial charge in [0.1, 0.15) is 6.33 Å². The summed E-state index contributed by atoms with van der Waals surface area (Å²) in [6.45, 7) is 5.17. The number of piperidine rings is 1. The molecular weight excluding hydrogens is 219 g/mol. The lowest BCUT2D eigenvalue weighted by Gasteiger charge is -2.40. The molecule has 2 heterocycles. The van der Waals surface area contributed by atoms with Crippen molar-refractivity contribution in [2.45, 2.75) is 32.7 Å². The molecule has 1 aromatic rings. The minimum atomic E-state index is -0.319. The van der Waals surface area contributed by atoms with Crippen LogP contribution in [0.4, 0.5) is 10.2 Å². The maximum absolute atomic E-state index is 14.0. The summed E-state index contributed by atoms with van der Waals surface area (Å²) in [6.07, 6.45) is 3.62. The van der Waals surface area contributed by atoms with Gasteiger partial charge in [0.05, 0.1) is 5.69 Å². The maximum Gasteiger partial charge on any atom is 0.186 e. The Bertz CT molecular complexity index is 396. The van der Waals surface area contributed by atoms with Gasteiger partial charge in [-0.3, -0.25) is 0 Å². The molecule has 0 saturated carbocycles. The Balaban J connectivity index is 2.34. The van der Waals surface area contributed by atoms with E-state index >= 15 is 0 Å². The molecule has 2 unspecified atom stereocenters. The van der Waals surface area contributed by atoms with Crippen LogP contribution < -0.4 is 10.6 Å². The molecule has 94 valence electrons. The van der Waals surface area contributed by atoms with Crippen molar-refractivity contribution < 1.29 is 4.39 Å². The predicted molar refractivity (Wildman–Crippen MR) is 65.3 cm³/mol. The zero-order chi connectivity index (χ0) is 12.4. The van der Waals surface area contributed by atoms with Crippen LogP contribution in [0.2, 0.25) is 0 Å². The van der Waals surface area contributed by atoms with E-state index in [0.717, 1.165) is 19.4 Å². The van der Waals surface area contributed by atoms with Crippen molar-refractivity contribution in [1.82, 2.24) is 9.97 Å². The number of hydrogen-bond acceptors (Lipinski definition) is 4. The summed E-state index contributed by atoms with van der Waals surface area (Å²) < 4.78 is 14.0. The monoisotopic (exact) mass is 238 g/mol. The van der Waals surface area contributed by atoms with Gasteiger partial charge >= 0.3 is 0 Å². The highest BCUT2D eigenvalue weighted by molar-refractivity contribution is 5.42. The first-order chi connectivity index (χ1) is 8.15. The Labute approximate surface area is 101 Å². The molecule has 2 N–H and O–H groups in total. The molecule has 17 heavy (non-hydrogen) atoms. The molecule has 1 saturated heterocycles. The normalized spacial score (nSPS) is 25.1. The molecule has 0 amide bonds. The molecule has 1 aliphatic rings. The van der Waals surface area contributed by atoms with Gasteiger partial charge in [0, 0.05) is 19.1 Å². The molecule has 0 radical (unpaired) electrons. The minimum Gasteiger partial charge on any atom is -0.350 e. The Morgan fingerprint density at radius 3 is 3.00 bits per heavy atom. The molecule has 2 atom stereocenters. The summed E-state index contributed by atoms with van der Waals surface area (Å²) in [4.78, 5) is 9.94. The predicted octanol–water partition coefficient (Wildman–Crippen LogP) is 1.49. The van der Waals surface area contributed by atoms with Crippen molar-refractivity contribution in [1.29, 1.82) is 0 Å². The number of hydrogen-bond donors (Lipinski definition) is 1. The molecule has 1 aliphatic heterocycles. The summed E-state index contributed by atoms with van der Waals surface area (Å²) in [5, 5.41) is 0. The SMILES string of the molecule is Cc1ncnc(N2CCCC(C)C2CN)c1F. The molecule has 5 heteroatoms. The highest BCUT2D eigenvalue weighted by Crippen LogP contribution is 2.28. The standard InChI is InChI=1S/C12H19FN4/c1-8-4-3-5-17(10(8)6-14)12-11(13)9(2)15-7-16-12/h7-8,10H,3-6,14H2,1-2H3. The molecule has 2 rings (SSSR count). The molecular formula is C12H19FN4. The van der Waals surface area contributed by atoms with E-state index in [1.54, 1.807) is 6.92 Å². The lowest BCUT2D eigenvalue weighted by atomic mass is 9.91. The van der Waals surface area contributed by atoms with E-state index < -0.39 is 0 Å². The molecule has 0 spiro atoms. The fraction of sp³-hybridized carbons (Fsp3) is 0.667. The van der Waals surface area contributed by atoms with Crippen LogP contribution in [0.5, 0.6) is 0 Å². The minimum absolute atomic E-state index is 0.174. The third-order valence-corrected chi connectivity index (χ3v) is 3.57. The summed E-state index contributed by atoms with van der Waals surface area (Å²) in [5.41, 5.74) is 6.19. The van der Waals surface area contributed by atoms with E-state index in [4.69, 9.17) is 5.73 Å². The average Bonchev–Trinajstić information content (AvgIpc) is 2.32. The van der Waals surface area contributed by atoms with Crippen LogP contribution in [-0.4, -0.2) is 29.1 Å². The van der Waals surface area contributed by atoms with E-state index in [-0.39, 0.29) is 11.9 Å². The third-order valence-electron chi connectivity index (χ3n) is 3.57. The second-order valence-electron chi connectivity index (χ2n) is 4.71. The molecule has 0 aromatic carbocycles. The van der Waals surface area contributed by atoms with E-state index in [2.05, 4.69) is 16.9 Å². The lowest BCUT2D eigenvalue weighted by molar-refractivity contribution is 0.344. The second-order valence-corrected chi connectivity index (χ2v) is 4.71. The number of nitrogens with zero attached hydrogens (tertiary/aromatic N) is 3. The lowest BCUT2D eigenvalue weighted by Crippen LogP contribution is -2.49. The Morgan fingerprint density at radius 2 is 2.29 bits per heavy atom. The third kappa shape index (κ3) is 2.24. The summed E-state index contributed by atoms with van der Waals surface area (Å²) >= 11 is 0. The van der Waals surface area contributed by atoms with Crippen LogP contribution in [-0.2, 0) is 0 Å². The van der Waals surface area contributed by atoms with Gasteiger partial charge in [-0.1, -0.05) is 6.92 Å². The van der Waals surface area contributed by atoms with Crippen molar-refractivity contribution in [3.8, 4) is 0 Å². The molecule has 4 nitrogen and oxygen atoms in total. The molecule has 1 aromatic heterocycles. The fourth-order valence-electron chi connectivity index (χ4n) is 2.52. The Hall–Kier alpha value is -1.23. The zero-order valence-corrected chi connectivity index (χ0v) is 10.4. The maximum atomic E-state index is 14.0. The zero-order valence-electron chi connectivity index (χ0n) is 10.4. The smallest absolute Gasteiger partial charge is 0.186 e. The quantitative estimate of drug-likeness (QED) is 0.848. The van der Waals surface area contributed by atoms with E-state index in [1.807, 2.05) is 4.90 Å². The van der Waals surface area contributed by atoms with Crippen molar-refractivity contribution in [2.75, 3.05) is 18.0 Å². The van der Waals surface area contributed by atoms with Crippen molar-refractivity contribution >= 4 is 5.82 Å². The van der Waals surface area contributed by atoms with Crippen LogP contribution in [0, 0.1) is 18.7 Å². The van der Waals surface area contributed by atoms with Gasteiger partial charge in [-0.2, -0.15) is 0 Å². The summed E-state index contributed by atoms with van der Waals surface area (Å²) in [6, 6.07) is 0.174. The highest BCUT2D eigenvalue weighted by atomic mass is 19.1. The molecule has 0 aliphatic carbocycles. The topological polar surface area (TPSA) is 55.0 Å². The van der Waals surface area contributed by atoms with Crippen LogP contribution in [0.1, 0.15) is 25.5 Å². The Morgan fingerprint density at radius 1 is 1.53 bits per heavy atom. The van der Waals surface area contributed by atoms with Gasteiger partial charge in [0.25, 0.3) is 0 Å². The summed E-state index contributed by atoms with van der Waals surface area (Å²) in [7, 11) is 0. The van der Waals surface area contributed by atoms with E-state index in [1.165, 1.54) is 6.33 Å². The van der Waals surface area contributed by atoms with Gasteiger partial charge in [-0.25, -0.2) is 14.4 Å². The van der Waals surface area contributed by atoms with Crippen molar-refractivity contribution in [3.63, 3.8) is 0 Å². The first-order valence-corrected chi connectivity index (χ1v) is 6.09. The summed E-state index contributed by atoms with van der Waals surface area (Å²) in [5.74, 6) is 0.558. The highest BCUT2D eigenvalue weighted by Gasteiger charge is 2.30. The average molecular weight is 238 g/mol. The number of nitrogens with two attached hydrogens (primary N) is 1. The van der Waals surface area contributed by atoms with E-state index in [9.17, 15) is 4.39 Å². The van der Waals surface area contributed by atoms with Gasteiger partial charge in [-0.15, -0.1) is 0 Å². The molecule has 1 fully saturated rings. The molecule has 0 bridgehead atoms. The van der Waals surface area contributed by atoms with Crippen molar-refractivity contribution in [2.24, 2.45) is 11.7 Å². The van der Waals surface area contributed by atoms with Crippen molar-refractivity contribution in [3.05, 3.63) is 17.8 Å². The van der Waals surface area contributed by atoms with Gasteiger partial charge < -0.3 is 10.6 Å². The largest absolute Gasteiger partial charge is 0.350 e. The van der Waals surface area contributed by atoms with E-state index in [0.29, 0.717) is 24.0 Å². The number of aromatic nitrogens is 2. The van der Waals surface area contributed by atoms with Crippen LogP contribution >= 0.6 is 0 Å². The van der Waals surface area contributed by atoms with Crippen LogP contribution in [0.25, 0.3) is 0 Å². The van der Waals surface area contributed by atoms with Gasteiger partial charge in [0.15, 0.2) is 11.6 Å². The van der Waals surface area contributed by atoms with Gasteiger partial charge in [0.2, 0.25) is 0 Å².